The normalized spacial score (nSPS) is 30.2. The van der Waals surface area contributed by atoms with Crippen LogP contribution in [0.25, 0.3) is 0 Å². The summed E-state index contributed by atoms with van der Waals surface area (Å²) < 4.78 is 0. The first-order chi connectivity index (χ1) is 9.08. The Kier molecular flexibility index (Phi) is 4.97. The number of hydrogen-bond acceptors (Lipinski definition) is 3. The first kappa shape index (κ1) is 14.5. The van der Waals surface area contributed by atoms with Gasteiger partial charge in [0.15, 0.2) is 0 Å². The van der Waals surface area contributed by atoms with E-state index in [-0.39, 0.29) is 0 Å². The molecular formula is C16H26N2O. The van der Waals surface area contributed by atoms with E-state index in [1.807, 2.05) is 30.3 Å². The molecule has 1 aromatic rings. The van der Waals surface area contributed by atoms with Crippen molar-refractivity contribution < 1.29 is 5.11 Å². The summed E-state index contributed by atoms with van der Waals surface area (Å²) in [6.45, 7) is 6.32. The third-order valence-corrected chi connectivity index (χ3v) is 4.37. The molecule has 4 atom stereocenters. The number of rotatable bonds is 4. The van der Waals surface area contributed by atoms with E-state index >= 15 is 0 Å². The van der Waals surface area contributed by atoms with Gasteiger partial charge in [0.1, 0.15) is 0 Å². The van der Waals surface area contributed by atoms with Gasteiger partial charge in [0.25, 0.3) is 0 Å². The quantitative estimate of drug-likeness (QED) is 0.871. The SMILES string of the molecule is C[C@@H]1CN(C)[C@H](C)C[C@@H]1NC[C@@H](O)c1ccccc1. The Hall–Kier alpha value is -0.900. The Morgan fingerprint density at radius 1 is 1.32 bits per heavy atom. The third-order valence-electron chi connectivity index (χ3n) is 4.37. The summed E-state index contributed by atoms with van der Waals surface area (Å²) in [6.07, 6.45) is 0.738. The number of aliphatic hydroxyl groups excluding tert-OH is 1. The number of piperidine rings is 1. The minimum Gasteiger partial charge on any atom is -0.387 e. The van der Waals surface area contributed by atoms with Crippen LogP contribution in [0.2, 0.25) is 0 Å². The van der Waals surface area contributed by atoms with Crippen LogP contribution in [-0.2, 0) is 0 Å². The summed E-state index contributed by atoms with van der Waals surface area (Å²) in [4.78, 5) is 2.41. The largest absolute Gasteiger partial charge is 0.387 e. The number of nitrogens with zero attached hydrogens (tertiary/aromatic N) is 1. The number of nitrogens with one attached hydrogen (secondary N) is 1. The monoisotopic (exact) mass is 262 g/mol. The second-order valence-electron chi connectivity index (χ2n) is 5.94. The number of likely N-dealkylation sites (tertiary alicyclic amines) is 1. The molecule has 0 bridgehead atoms. The molecule has 106 valence electrons. The lowest BCUT2D eigenvalue weighted by atomic mass is 9.89. The van der Waals surface area contributed by atoms with E-state index in [2.05, 4.69) is 31.1 Å². The van der Waals surface area contributed by atoms with Gasteiger partial charge < -0.3 is 15.3 Å². The van der Waals surface area contributed by atoms with Crippen LogP contribution in [0.3, 0.4) is 0 Å². The second-order valence-corrected chi connectivity index (χ2v) is 5.94. The maximum Gasteiger partial charge on any atom is 0.0914 e. The molecule has 0 radical (unpaired) electrons. The van der Waals surface area contributed by atoms with Crippen molar-refractivity contribution in [2.45, 2.75) is 38.5 Å². The lowest BCUT2D eigenvalue weighted by Crippen LogP contribution is -2.51. The molecule has 0 spiro atoms. The second kappa shape index (κ2) is 6.51. The molecule has 0 amide bonds. The van der Waals surface area contributed by atoms with Crippen LogP contribution in [0.4, 0.5) is 0 Å². The van der Waals surface area contributed by atoms with Crippen molar-refractivity contribution >= 4 is 0 Å². The van der Waals surface area contributed by atoms with Gasteiger partial charge >= 0.3 is 0 Å². The van der Waals surface area contributed by atoms with E-state index in [1.165, 1.54) is 0 Å². The van der Waals surface area contributed by atoms with Crippen molar-refractivity contribution in [2.24, 2.45) is 5.92 Å². The van der Waals surface area contributed by atoms with E-state index < -0.39 is 6.10 Å². The average molecular weight is 262 g/mol. The van der Waals surface area contributed by atoms with Gasteiger partial charge in [-0.2, -0.15) is 0 Å². The molecule has 1 fully saturated rings. The zero-order valence-electron chi connectivity index (χ0n) is 12.2. The summed E-state index contributed by atoms with van der Waals surface area (Å²) in [5, 5.41) is 13.7. The zero-order valence-corrected chi connectivity index (χ0v) is 12.2. The van der Waals surface area contributed by atoms with Gasteiger partial charge in [0.05, 0.1) is 6.10 Å². The molecule has 2 N–H and O–H groups in total. The van der Waals surface area contributed by atoms with Crippen molar-refractivity contribution in [2.75, 3.05) is 20.1 Å². The minimum absolute atomic E-state index is 0.414. The molecule has 2 rings (SSSR count). The molecule has 0 saturated carbocycles. The van der Waals surface area contributed by atoms with E-state index in [1.54, 1.807) is 0 Å². The van der Waals surface area contributed by atoms with Crippen LogP contribution in [0.5, 0.6) is 0 Å². The van der Waals surface area contributed by atoms with Crippen LogP contribution in [0.1, 0.15) is 31.9 Å². The van der Waals surface area contributed by atoms with Crippen LogP contribution in [-0.4, -0.2) is 42.2 Å². The minimum atomic E-state index is -0.414. The van der Waals surface area contributed by atoms with Crippen LogP contribution in [0, 0.1) is 5.92 Å². The Morgan fingerprint density at radius 3 is 2.68 bits per heavy atom. The Labute approximate surface area is 116 Å². The van der Waals surface area contributed by atoms with Crippen molar-refractivity contribution in [3.8, 4) is 0 Å². The summed E-state index contributed by atoms with van der Waals surface area (Å²) in [7, 11) is 2.19. The highest BCUT2D eigenvalue weighted by Crippen LogP contribution is 2.21. The summed E-state index contributed by atoms with van der Waals surface area (Å²) in [6, 6.07) is 11.0. The van der Waals surface area contributed by atoms with Gasteiger partial charge in [0, 0.05) is 25.2 Å². The third kappa shape index (κ3) is 3.78. The van der Waals surface area contributed by atoms with Gasteiger partial charge in [-0.1, -0.05) is 37.3 Å². The van der Waals surface area contributed by atoms with Crippen LogP contribution < -0.4 is 5.32 Å². The number of aliphatic hydroxyl groups is 1. The lowest BCUT2D eigenvalue weighted by Gasteiger charge is -2.40. The zero-order chi connectivity index (χ0) is 13.8. The Balaban J connectivity index is 1.85. The Morgan fingerprint density at radius 2 is 2.00 bits per heavy atom. The molecule has 1 aromatic carbocycles. The van der Waals surface area contributed by atoms with Gasteiger partial charge in [-0.25, -0.2) is 0 Å². The fraction of sp³-hybridized carbons (Fsp3) is 0.625. The predicted molar refractivity (Wildman–Crippen MR) is 79.1 cm³/mol. The molecule has 0 aliphatic carbocycles. The molecule has 1 heterocycles. The molecule has 0 aromatic heterocycles. The standard InChI is InChI=1S/C16H26N2O/c1-12-11-18(3)13(2)9-15(12)17-10-16(19)14-7-5-4-6-8-14/h4-8,12-13,15-17,19H,9-11H2,1-3H3/t12-,13-,15+,16-/m1/s1. The molecule has 1 saturated heterocycles. The first-order valence-electron chi connectivity index (χ1n) is 7.24. The van der Waals surface area contributed by atoms with Crippen LogP contribution >= 0.6 is 0 Å². The lowest BCUT2D eigenvalue weighted by molar-refractivity contribution is 0.106. The molecule has 1 aliphatic rings. The van der Waals surface area contributed by atoms with Crippen molar-refractivity contribution in [1.82, 2.24) is 10.2 Å². The topological polar surface area (TPSA) is 35.5 Å². The van der Waals surface area contributed by atoms with E-state index in [0.717, 1.165) is 18.5 Å². The first-order valence-corrected chi connectivity index (χ1v) is 7.24. The molecule has 1 aliphatic heterocycles. The van der Waals surface area contributed by atoms with Crippen LogP contribution in [0.15, 0.2) is 30.3 Å². The van der Waals surface area contributed by atoms with Crippen molar-refractivity contribution in [3.63, 3.8) is 0 Å². The summed E-state index contributed by atoms with van der Waals surface area (Å²) in [5.41, 5.74) is 0.989. The summed E-state index contributed by atoms with van der Waals surface area (Å²) in [5.74, 6) is 0.629. The average Bonchev–Trinajstić information content (AvgIpc) is 2.42. The maximum absolute atomic E-state index is 10.2. The van der Waals surface area contributed by atoms with Crippen molar-refractivity contribution in [3.05, 3.63) is 35.9 Å². The van der Waals surface area contributed by atoms with E-state index in [0.29, 0.717) is 24.5 Å². The molecule has 3 nitrogen and oxygen atoms in total. The molecule has 0 unspecified atom stereocenters. The van der Waals surface area contributed by atoms with Gasteiger partial charge in [-0.3, -0.25) is 0 Å². The highest BCUT2D eigenvalue weighted by Gasteiger charge is 2.28. The van der Waals surface area contributed by atoms with Gasteiger partial charge in [-0.15, -0.1) is 0 Å². The van der Waals surface area contributed by atoms with Gasteiger partial charge in [0.2, 0.25) is 0 Å². The summed E-state index contributed by atoms with van der Waals surface area (Å²) >= 11 is 0. The van der Waals surface area contributed by atoms with E-state index in [9.17, 15) is 5.11 Å². The highest BCUT2D eigenvalue weighted by molar-refractivity contribution is 5.17. The van der Waals surface area contributed by atoms with Gasteiger partial charge in [-0.05, 0) is 31.9 Å². The predicted octanol–water partition coefficient (Wildman–Crippen LogP) is 2.04. The molecule has 19 heavy (non-hydrogen) atoms. The Bertz CT molecular complexity index is 382. The molecular weight excluding hydrogens is 236 g/mol. The smallest absolute Gasteiger partial charge is 0.0914 e. The fourth-order valence-corrected chi connectivity index (χ4v) is 2.88. The fourth-order valence-electron chi connectivity index (χ4n) is 2.88. The van der Waals surface area contributed by atoms with E-state index in [4.69, 9.17) is 0 Å². The number of benzene rings is 1. The maximum atomic E-state index is 10.2. The highest BCUT2D eigenvalue weighted by atomic mass is 16.3. The number of hydrogen-bond donors (Lipinski definition) is 2. The molecule has 3 heteroatoms. The van der Waals surface area contributed by atoms with Crippen molar-refractivity contribution in [1.29, 1.82) is 0 Å².